The number of amides is 2. The lowest BCUT2D eigenvalue weighted by atomic mass is 10.1. The molecule has 2 atom stereocenters. The average molecular weight is 473 g/mol. The van der Waals surface area contributed by atoms with E-state index in [1.165, 1.54) is 0 Å². The van der Waals surface area contributed by atoms with E-state index >= 15 is 0 Å². The van der Waals surface area contributed by atoms with Crippen LogP contribution in [0.2, 0.25) is 0 Å². The smallest absolute Gasteiger partial charge is 0.243 e. The lowest BCUT2D eigenvalue weighted by Gasteiger charge is -2.31. The number of carbonyl (C=O) groups is 2. The van der Waals surface area contributed by atoms with Crippen molar-refractivity contribution in [2.45, 2.75) is 58.0 Å². The van der Waals surface area contributed by atoms with Crippen LogP contribution in [0.4, 0.5) is 0 Å². The number of benzene rings is 2. The van der Waals surface area contributed by atoms with Gasteiger partial charge < -0.3 is 19.7 Å². The van der Waals surface area contributed by atoms with Crippen molar-refractivity contribution in [2.75, 3.05) is 20.0 Å². The number of nitrogens with zero attached hydrogens (tertiary/aromatic N) is 1. The van der Waals surface area contributed by atoms with Gasteiger partial charge in [0.1, 0.15) is 17.5 Å². The quantitative estimate of drug-likeness (QED) is 0.459. The number of rotatable bonds is 13. The van der Waals surface area contributed by atoms with Crippen LogP contribution in [0.5, 0.6) is 11.5 Å². The molecule has 0 bridgehead atoms. The van der Waals surface area contributed by atoms with Crippen LogP contribution >= 0.6 is 11.8 Å². The Hall–Kier alpha value is -2.67. The summed E-state index contributed by atoms with van der Waals surface area (Å²) in [4.78, 5) is 28.0. The lowest BCUT2D eigenvalue weighted by Crippen LogP contribution is -2.51. The fourth-order valence-corrected chi connectivity index (χ4v) is 4.22. The molecule has 0 fully saturated rings. The third kappa shape index (κ3) is 8.31. The zero-order valence-corrected chi connectivity index (χ0v) is 21.1. The SMILES string of the molecule is CC[C@@H](C)NC(=O)[C@H](CC)N(Cc1ccc(OC)cc1)C(=O)CSCc1ccc(OC)cc1. The Bertz CT molecular complexity index is 871. The summed E-state index contributed by atoms with van der Waals surface area (Å²) < 4.78 is 10.4. The zero-order chi connectivity index (χ0) is 24.2. The summed E-state index contributed by atoms with van der Waals surface area (Å²) in [5.74, 6) is 2.43. The van der Waals surface area contributed by atoms with E-state index in [0.29, 0.717) is 24.5 Å². The van der Waals surface area contributed by atoms with Crippen LogP contribution in [0.1, 0.15) is 44.7 Å². The van der Waals surface area contributed by atoms with E-state index in [9.17, 15) is 9.59 Å². The Morgan fingerprint density at radius 3 is 1.94 bits per heavy atom. The van der Waals surface area contributed by atoms with Crippen molar-refractivity contribution in [3.05, 3.63) is 59.7 Å². The molecule has 0 saturated carbocycles. The van der Waals surface area contributed by atoms with Crippen molar-refractivity contribution < 1.29 is 19.1 Å². The van der Waals surface area contributed by atoms with E-state index in [-0.39, 0.29) is 17.9 Å². The van der Waals surface area contributed by atoms with Gasteiger partial charge >= 0.3 is 0 Å². The number of thioether (sulfide) groups is 1. The molecule has 7 heteroatoms. The average Bonchev–Trinajstić information content (AvgIpc) is 2.84. The van der Waals surface area contributed by atoms with Gasteiger partial charge in [-0.2, -0.15) is 0 Å². The summed E-state index contributed by atoms with van der Waals surface area (Å²) in [5.41, 5.74) is 2.08. The van der Waals surface area contributed by atoms with Crippen molar-refractivity contribution in [3.63, 3.8) is 0 Å². The molecule has 0 aliphatic rings. The highest BCUT2D eigenvalue weighted by atomic mass is 32.2. The molecule has 1 N–H and O–H groups in total. The minimum Gasteiger partial charge on any atom is -0.497 e. The number of hydrogen-bond acceptors (Lipinski definition) is 5. The number of carbonyl (C=O) groups excluding carboxylic acids is 2. The third-order valence-corrected chi connectivity index (χ3v) is 6.54. The molecule has 0 aliphatic carbocycles. The van der Waals surface area contributed by atoms with Gasteiger partial charge in [-0.25, -0.2) is 0 Å². The Morgan fingerprint density at radius 1 is 0.909 bits per heavy atom. The highest BCUT2D eigenvalue weighted by molar-refractivity contribution is 7.99. The molecule has 0 aliphatic heterocycles. The Balaban J connectivity index is 2.12. The first-order chi connectivity index (χ1) is 15.9. The lowest BCUT2D eigenvalue weighted by molar-refractivity contribution is -0.139. The highest BCUT2D eigenvalue weighted by Crippen LogP contribution is 2.20. The van der Waals surface area contributed by atoms with E-state index in [0.717, 1.165) is 29.0 Å². The first-order valence-electron chi connectivity index (χ1n) is 11.3. The summed E-state index contributed by atoms with van der Waals surface area (Å²) in [6, 6.07) is 15.0. The predicted octanol–water partition coefficient (Wildman–Crippen LogP) is 4.66. The fourth-order valence-electron chi connectivity index (χ4n) is 3.35. The number of ether oxygens (including phenoxy) is 2. The van der Waals surface area contributed by atoms with Gasteiger partial charge in [-0.05, 0) is 55.2 Å². The van der Waals surface area contributed by atoms with Gasteiger partial charge in [0.05, 0.1) is 20.0 Å². The van der Waals surface area contributed by atoms with Crippen LogP contribution in [-0.2, 0) is 21.9 Å². The van der Waals surface area contributed by atoms with Gasteiger partial charge in [0.25, 0.3) is 0 Å². The van der Waals surface area contributed by atoms with E-state index in [2.05, 4.69) is 5.32 Å². The summed E-state index contributed by atoms with van der Waals surface area (Å²) in [6.45, 7) is 6.32. The van der Waals surface area contributed by atoms with Crippen LogP contribution in [0, 0.1) is 0 Å². The van der Waals surface area contributed by atoms with Crippen molar-refractivity contribution in [1.29, 1.82) is 0 Å². The number of nitrogens with one attached hydrogen (secondary N) is 1. The molecular weight excluding hydrogens is 436 g/mol. The predicted molar refractivity (Wildman–Crippen MR) is 135 cm³/mol. The van der Waals surface area contributed by atoms with Crippen LogP contribution in [0.15, 0.2) is 48.5 Å². The molecule has 180 valence electrons. The van der Waals surface area contributed by atoms with Crippen molar-refractivity contribution in [3.8, 4) is 11.5 Å². The minimum atomic E-state index is -0.518. The third-order valence-electron chi connectivity index (χ3n) is 5.55. The second-order valence-electron chi connectivity index (χ2n) is 7.95. The molecule has 0 heterocycles. The van der Waals surface area contributed by atoms with Crippen LogP contribution < -0.4 is 14.8 Å². The molecule has 2 rings (SSSR count). The first-order valence-corrected chi connectivity index (χ1v) is 12.5. The van der Waals surface area contributed by atoms with Gasteiger partial charge in [0, 0.05) is 18.3 Å². The Labute approximate surface area is 202 Å². The molecule has 0 unspecified atom stereocenters. The summed E-state index contributed by atoms with van der Waals surface area (Å²) in [6.07, 6.45) is 1.39. The van der Waals surface area contributed by atoms with Crippen molar-refractivity contribution >= 4 is 23.6 Å². The molecule has 2 aromatic rings. The molecule has 6 nitrogen and oxygen atoms in total. The maximum atomic E-state index is 13.3. The second-order valence-corrected chi connectivity index (χ2v) is 8.94. The summed E-state index contributed by atoms with van der Waals surface area (Å²) >= 11 is 1.55. The maximum absolute atomic E-state index is 13.3. The number of methoxy groups -OCH3 is 2. The van der Waals surface area contributed by atoms with Gasteiger partial charge in [-0.3, -0.25) is 9.59 Å². The summed E-state index contributed by atoms with van der Waals surface area (Å²) in [7, 11) is 3.26. The minimum absolute atomic E-state index is 0.0459. The molecule has 0 aromatic heterocycles. The number of hydrogen-bond donors (Lipinski definition) is 1. The monoisotopic (exact) mass is 472 g/mol. The van der Waals surface area contributed by atoms with E-state index in [1.54, 1.807) is 30.9 Å². The molecule has 2 amide bonds. The highest BCUT2D eigenvalue weighted by Gasteiger charge is 2.29. The molecule has 33 heavy (non-hydrogen) atoms. The van der Waals surface area contributed by atoms with Crippen LogP contribution in [0.25, 0.3) is 0 Å². The largest absolute Gasteiger partial charge is 0.497 e. The Morgan fingerprint density at radius 2 is 1.45 bits per heavy atom. The van der Waals surface area contributed by atoms with Crippen molar-refractivity contribution in [2.24, 2.45) is 0 Å². The maximum Gasteiger partial charge on any atom is 0.243 e. The normalized spacial score (nSPS) is 12.5. The second kappa shape index (κ2) is 13.8. The van der Waals surface area contributed by atoms with Gasteiger partial charge in [0.2, 0.25) is 11.8 Å². The van der Waals surface area contributed by atoms with E-state index in [1.807, 2.05) is 69.3 Å². The summed E-state index contributed by atoms with van der Waals surface area (Å²) in [5, 5.41) is 3.04. The van der Waals surface area contributed by atoms with Crippen molar-refractivity contribution in [1.82, 2.24) is 10.2 Å². The van der Waals surface area contributed by atoms with Gasteiger partial charge in [-0.15, -0.1) is 11.8 Å². The van der Waals surface area contributed by atoms with Gasteiger partial charge in [-0.1, -0.05) is 38.1 Å². The molecule has 0 saturated heterocycles. The van der Waals surface area contributed by atoms with Crippen LogP contribution in [0.3, 0.4) is 0 Å². The standard InChI is InChI=1S/C26H36N2O4S/c1-6-19(3)27-26(30)24(7-2)28(16-20-8-12-22(31-4)13-9-20)25(29)18-33-17-21-10-14-23(32-5)15-11-21/h8-15,19,24H,6-7,16-18H2,1-5H3,(H,27,30)/t19-,24+/m1/s1. The van der Waals surface area contributed by atoms with Gasteiger partial charge in [0.15, 0.2) is 0 Å². The topological polar surface area (TPSA) is 67.9 Å². The van der Waals surface area contributed by atoms with E-state index in [4.69, 9.17) is 9.47 Å². The molecule has 0 spiro atoms. The van der Waals surface area contributed by atoms with E-state index < -0.39 is 6.04 Å². The molecule has 2 aromatic carbocycles. The molecule has 0 radical (unpaired) electrons. The van der Waals surface area contributed by atoms with Crippen LogP contribution in [-0.4, -0.2) is 48.8 Å². The first kappa shape index (κ1) is 26.6. The zero-order valence-electron chi connectivity index (χ0n) is 20.3. The fraction of sp³-hybridized carbons (Fsp3) is 0.462. The molecular formula is C26H36N2O4S. The Kier molecular flexibility index (Phi) is 11.1.